The van der Waals surface area contributed by atoms with Crippen LogP contribution in [0.25, 0.3) is 0 Å². The molecule has 1 fully saturated rings. The average Bonchev–Trinajstić information content (AvgIpc) is 2.60. The Bertz CT molecular complexity index is 577. The summed E-state index contributed by atoms with van der Waals surface area (Å²) in [6.07, 6.45) is 2.68. The molecule has 1 atom stereocenters. The number of halogens is 1. The molecule has 1 aliphatic rings. The van der Waals surface area contributed by atoms with Crippen LogP contribution in [0.4, 0.5) is 0 Å². The van der Waals surface area contributed by atoms with Crippen LogP contribution in [0.3, 0.4) is 0 Å². The molecule has 5 nitrogen and oxygen atoms in total. The van der Waals surface area contributed by atoms with Gasteiger partial charge < -0.3 is 15.0 Å². The number of benzene rings is 1. The lowest BCUT2D eigenvalue weighted by atomic mass is 9.98. The van der Waals surface area contributed by atoms with E-state index in [0.717, 1.165) is 48.9 Å². The molecule has 2 rings (SSSR count). The van der Waals surface area contributed by atoms with Crippen molar-refractivity contribution in [1.29, 1.82) is 0 Å². The molecule has 1 aromatic rings. The van der Waals surface area contributed by atoms with Gasteiger partial charge >= 0.3 is 5.97 Å². The second kappa shape index (κ2) is 9.52. The first kappa shape index (κ1) is 18.6. The first-order valence-electron chi connectivity index (χ1n) is 8.51. The maximum absolute atomic E-state index is 12.0. The third-order valence-electron chi connectivity index (χ3n) is 4.19. The van der Waals surface area contributed by atoms with Crippen molar-refractivity contribution in [1.82, 2.24) is 10.2 Å². The Balaban J connectivity index is 1.87. The van der Waals surface area contributed by atoms with E-state index < -0.39 is 0 Å². The van der Waals surface area contributed by atoms with Crippen molar-refractivity contribution in [3.05, 3.63) is 34.9 Å². The normalized spacial score (nSPS) is 18.4. The van der Waals surface area contributed by atoms with E-state index in [1.165, 1.54) is 0 Å². The minimum atomic E-state index is -0.103. The van der Waals surface area contributed by atoms with Crippen molar-refractivity contribution >= 4 is 23.5 Å². The molecule has 0 bridgehead atoms. The van der Waals surface area contributed by atoms with Crippen LogP contribution < -0.4 is 5.32 Å². The van der Waals surface area contributed by atoms with E-state index >= 15 is 0 Å². The van der Waals surface area contributed by atoms with Crippen molar-refractivity contribution in [2.45, 2.75) is 26.2 Å². The molecule has 1 aliphatic heterocycles. The monoisotopic (exact) mass is 351 g/mol. The van der Waals surface area contributed by atoms with Gasteiger partial charge in [-0.25, -0.2) is 0 Å². The molecule has 6 heteroatoms. The van der Waals surface area contributed by atoms with Crippen LogP contribution in [-0.4, -0.2) is 50.1 Å². The Morgan fingerprint density at radius 2 is 2.25 bits per heavy atom. The van der Waals surface area contributed by atoms with Crippen LogP contribution >= 0.6 is 11.6 Å². The van der Waals surface area contributed by atoms with Gasteiger partial charge in [-0.05, 0) is 37.8 Å². The Hall–Kier alpha value is -1.75. The number of nitrogens with zero attached hydrogens (tertiary/aromatic N) is 2. The van der Waals surface area contributed by atoms with Gasteiger partial charge in [-0.2, -0.15) is 0 Å². The van der Waals surface area contributed by atoms with Crippen molar-refractivity contribution in [2.75, 3.05) is 33.3 Å². The Morgan fingerprint density at radius 3 is 2.96 bits per heavy atom. The summed E-state index contributed by atoms with van der Waals surface area (Å²) in [4.78, 5) is 18.5. The minimum absolute atomic E-state index is 0.0687. The molecule has 0 amide bonds. The fourth-order valence-corrected chi connectivity index (χ4v) is 3.19. The van der Waals surface area contributed by atoms with Gasteiger partial charge in [0, 0.05) is 31.7 Å². The van der Waals surface area contributed by atoms with Gasteiger partial charge in [-0.15, -0.1) is 0 Å². The maximum atomic E-state index is 12.0. The highest BCUT2D eigenvalue weighted by Gasteiger charge is 2.28. The lowest BCUT2D eigenvalue weighted by Crippen LogP contribution is -2.48. The second-order valence-corrected chi connectivity index (χ2v) is 6.26. The zero-order valence-electron chi connectivity index (χ0n) is 14.4. The summed E-state index contributed by atoms with van der Waals surface area (Å²) in [7, 11) is 1.77. The molecule has 132 valence electrons. The Kier molecular flexibility index (Phi) is 7.37. The first-order chi connectivity index (χ1) is 11.7. The van der Waals surface area contributed by atoms with Gasteiger partial charge in [-0.1, -0.05) is 29.8 Å². The molecule has 1 saturated heterocycles. The fraction of sp³-hybridized carbons (Fsp3) is 0.556. The molecule has 1 heterocycles. The molecule has 0 aliphatic carbocycles. The fourth-order valence-electron chi connectivity index (χ4n) is 2.96. The number of ether oxygens (including phenoxy) is 1. The molecular weight excluding hydrogens is 326 g/mol. The van der Waals surface area contributed by atoms with Gasteiger partial charge in [-0.3, -0.25) is 9.79 Å². The summed E-state index contributed by atoms with van der Waals surface area (Å²) < 4.78 is 5.15. The van der Waals surface area contributed by atoms with Crippen LogP contribution in [0.15, 0.2) is 29.3 Å². The highest BCUT2D eigenvalue weighted by molar-refractivity contribution is 6.31. The molecule has 24 heavy (non-hydrogen) atoms. The summed E-state index contributed by atoms with van der Waals surface area (Å²) in [5.74, 6) is 0.658. The smallest absolute Gasteiger partial charge is 0.310 e. The van der Waals surface area contributed by atoms with Crippen LogP contribution in [0.2, 0.25) is 5.02 Å². The number of esters is 1. The molecule has 1 aromatic carbocycles. The van der Waals surface area contributed by atoms with E-state index in [2.05, 4.69) is 15.2 Å². The zero-order valence-corrected chi connectivity index (χ0v) is 15.2. The Labute approximate surface area is 149 Å². The number of hydrogen-bond acceptors (Lipinski definition) is 3. The number of carbonyl (C=O) groups is 1. The standard InChI is InChI=1S/C18H26ClN3O2/c1-3-24-17(23)15-8-6-12-22(13-15)18(20-2)21-11-10-14-7-4-5-9-16(14)19/h4-5,7,9,15H,3,6,8,10-13H2,1-2H3,(H,20,21). The molecule has 1 unspecified atom stereocenters. The third kappa shape index (κ3) is 5.13. The summed E-state index contributed by atoms with van der Waals surface area (Å²) >= 11 is 6.19. The summed E-state index contributed by atoms with van der Waals surface area (Å²) in [5, 5.41) is 4.16. The quantitative estimate of drug-likeness (QED) is 0.503. The van der Waals surface area contributed by atoms with Crippen molar-refractivity contribution in [2.24, 2.45) is 10.9 Å². The number of guanidine groups is 1. The highest BCUT2D eigenvalue weighted by Crippen LogP contribution is 2.18. The molecule has 0 radical (unpaired) electrons. The molecular formula is C18H26ClN3O2. The number of nitrogens with one attached hydrogen (secondary N) is 1. The van der Waals surface area contributed by atoms with Crippen LogP contribution in [-0.2, 0) is 16.0 Å². The largest absolute Gasteiger partial charge is 0.466 e. The number of likely N-dealkylation sites (tertiary alicyclic amines) is 1. The highest BCUT2D eigenvalue weighted by atomic mass is 35.5. The van der Waals surface area contributed by atoms with Crippen molar-refractivity contribution in [3.8, 4) is 0 Å². The van der Waals surface area contributed by atoms with Gasteiger partial charge in [0.15, 0.2) is 5.96 Å². The number of rotatable bonds is 5. The Morgan fingerprint density at radius 1 is 1.46 bits per heavy atom. The maximum Gasteiger partial charge on any atom is 0.310 e. The van der Waals surface area contributed by atoms with Gasteiger partial charge in [0.25, 0.3) is 0 Å². The summed E-state index contributed by atoms with van der Waals surface area (Å²) in [6, 6.07) is 7.86. The molecule has 0 spiro atoms. The number of aliphatic imine (C=N–C) groups is 1. The van der Waals surface area contributed by atoms with E-state index in [9.17, 15) is 4.79 Å². The lowest BCUT2D eigenvalue weighted by molar-refractivity contribution is -0.149. The van der Waals surface area contributed by atoms with Gasteiger partial charge in [0.05, 0.1) is 12.5 Å². The number of carbonyl (C=O) groups excluding carboxylic acids is 1. The predicted molar refractivity (Wildman–Crippen MR) is 97.4 cm³/mol. The first-order valence-corrected chi connectivity index (χ1v) is 8.89. The topological polar surface area (TPSA) is 53.9 Å². The molecule has 0 saturated carbocycles. The zero-order chi connectivity index (χ0) is 17.4. The number of hydrogen-bond donors (Lipinski definition) is 1. The average molecular weight is 352 g/mol. The van der Waals surface area contributed by atoms with E-state index in [1.54, 1.807) is 7.05 Å². The molecule has 1 N–H and O–H groups in total. The second-order valence-electron chi connectivity index (χ2n) is 5.85. The molecule has 0 aromatic heterocycles. The van der Waals surface area contributed by atoms with E-state index in [1.807, 2.05) is 31.2 Å². The number of piperidine rings is 1. The lowest BCUT2D eigenvalue weighted by Gasteiger charge is -2.34. The van der Waals surface area contributed by atoms with Crippen molar-refractivity contribution < 1.29 is 9.53 Å². The summed E-state index contributed by atoms with van der Waals surface area (Å²) in [6.45, 7) is 4.58. The van der Waals surface area contributed by atoms with Crippen LogP contribution in [0.5, 0.6) is 0 Å². The van der Waals surface area contributed by atoms with E-state index in [-0.39, 0.29) is 11.9 Å². The van der Waals surface area contributed by atoms with Crippen LogP contribution in [0.1, 0.15) is 25.3 Å². The van der Waals surface area contributed by atoms with Gasteiger partial charge in [0.2, 0.25) is 0 Å². The SMILES string of the molecule is CCOC(=O)C1CCCN(C(=NC)NCCc2ccccc2Cl)C1. The van der Waals surface area contributed by atoms with Crippen molar-refractivity contribution in [3.63, 3.8) is 0 Å². The third-order valence-corrected chi connectivity index (χ3v) is 4.56. The minimum Gasteiger partial charge on any atom is -0.466 e. The van der Waals surface area contributed by atoms with Crippen LogP contribution in [0, 0.1) is 5.92 Å². The van der Waals surface area contributed by atoms with E-state index in [4.69, 9.17) is 16.3 Å². The predicted octanol–water partition coefficient (Wildman–Crippen LogP) is 2.73. The summed E-state index contributed by atoms with van der Waals surface area (Å²) in [5.41, 5.74) is 1.12. The van der Waals surface area contributed by atoms with E-state index in [0.29, 0.717) is 13.2 Å². The van der Waals surface area contributed by atoms with Gasteiger partial charge in [0.1, 0.15) is 0 Å².